The molecule has 8 rings (SSSR count). The van der Waals surface area contributed by atoms with E-state index in [1.54, 1.807) is 17.0 Å². The Morgan fingerprint density at radius 1 is 0.847 bits per heavy atom. The van der Waals surface area contributed by atoms with Crippen molar-refractivity contribution in [2.24, 2.45) is 0 Å². The van der Waals surface area contributed by atoms with E-state index in [1.165, 1.54) is 30.3 Å². The minimum atomic E-state index is -4.90. The molecule has 4 aliphatic rings. The minimum absolute atomic E-state index is 0.0557. The summed E-state index contributed by atoms with van der Waals surface area (Å²) in [6, 6.07) is 16.9. The van der Waals surface area contributed by atoms with E-state index in [-0.39, 0.29) is 41.9 Å². The smallest absolute Gasteiger partial charge is 0.419 e. The van der Waals surface area contributed by atoms with Gasteiger partial charge in [-0.05, 0) is 97.4 Å². The third-order valence-electron chi connectivity index (χ3n) is 11.8. The van der Waals surface area contributed by atoms with Crippen LogP contribution in [0.4, 0.5) is 27.6 Å². The molecule has 3 amide bonds. The molecule has 0 bridgehead atoms. The van der Waals surface area contributed by atoms with Gasteiger partial charge in [-0.25, -0.2) is 8.78 Å². The predicted octanol–water partition coefficient (Wildman–Crippen LogP) is 7.13. The number of benzene rings is 4. The fourth-order valence-corrected chi connectivity index (χ4v) is 8.70. The van der Waals surface area contributed by atoms with Gasteiger partial charge in [0, 0.05) is 73.9 Å². The summed E-state index contributed by atoms with van der Waals surface area (Å²) < 4.78 is 82.3. The van der Waals surface area contributed by atoms with Crippen molar-refractivity contribution in [3.8, 4) is 17.2 Å². The van der Waals surface area contributed by atoms with Gasteiger partial charge in [0.1, 0.15) is 23.4 Å². The highest BCUT2D eigenvalue weighted by molar-refractivity contribution is 6.05. The van der Waals surface area contributed by atoms with Crippen molar-refractivity contribution in [1.29, 1.82) is 0 Å². The number of piperidine rings is 1. The van der Waals surface area contributed by atoms with Gasteiger partial charge in [-0.3, -0.25) is 24.6 Å². The van der Waals surface area contributed by atoms with Crippen molar-refractivity contribution < 1.29 is 50.9 Å². The summed E-state index contributed by atoms with van der Waals surface area (Å²) in [4.78, 5) is 43.3. The lowest BCUT2D eigenvalue weighted by Gasteiger charge is -2.36. The molecule has 0 spiro atoms. The number of fused-ring (bicyclic) bond motifs is 2. The van der Waals surface area contributed by atoms with Crippen molar-refractivity contribution in [3.63, 3.8) is 0 Å². The highest BCUT2D eigenvalue weighted by Gasteiger charge is 2.40. The minimum Gasteiger partial charge on any atom is -0.508 e. The van der Waals surface area contributed by atoms with Crippen LogP contribution >= 0.6 is 0 Å². The molecule has 0 radical (unpaired) electrons. The van der Waals surface area contributed by atoms with E-state index in [4.69, 9.17) is 9.47 Å². The fraction of sp³-hybridized carbons (Fsp3) is 0.386. The first-order valence-corrected chi connectivity index (χ1v) is 19.8. The monoisotopic (exact) mass is 818 g/mol. The lowest BCUT2D eigenvalue weighted by atomic mass is 9.75. The Morgan fingerprint density at radius 3 is 2.41 bits per heavy atom. The summed E-state index contributed by atoms with van der Waals surface area (Å²) in [7, 11) is 0. The molecule has 15 heteroatoms. The number of carbonyl (C=O) groups excluding carboxylic acids is 3. The summed E-state index contributed by atoms with van der Waals surface area (Å²) in [5.74, 6) is -3.99. The van der Waals surface area contributed by atoms with Crippen molar-refractivity contribution in [3.05, 3.63) is 118 Å². The third kappa shape index (κ3) is 8.43. The zero-order valence-corrected chi connectivity index (χ0v) is 32.1. The Hall–Kier alpha value is -5.70. The number of aromatic hydroxyl groups is 1. The van der Waals surface area contributed by atoms with Crippen LogP contribution in [0.3, 0.4) is 0 Å². The van der Waals surface area contributed by atoms with Crippen LogP contribution in [-0.4, -0.2) is 84.6 Å². The SMILES string of the molecule is O=C1CCC(N2Cc3cc(N4CCN(CCCCCOc5ccc(C6c7ccc(O)cc7OC[C@@H]6c6ccc(F)c(C(F)(F)F)c6)cc5F)CC4)ccc3C2=O)C(=O)N1. The van der Waals surface area contributed by atoms with Crippen molar-refractivity contribution in [2.45, 2.75) is 62.7 Å². The fourth-order valence-electron chi connectivity index (χ4n) is 8.70. The standard InChI is InChI=1S/C44H43F5N4O6/c45-35-10-4-26(21-34(35)44(47,48)49)33-25-59-39-23-30(54)7-9-32(39)41(33)27-5-12-38(36(46)22-27)58-19-3-1-2-14-51-15-17-52(18-16-51)29-6-8-31-28(20-29)24-53(43(31)57)37-11-13-40(55)50-42(37)56/h4-10,12,20-23,33,37,41,54H,1-3,11,13-19,24-25H2,(H,50,55,56)/t33-,37?,41?/m1/s1. The molecule has 2 fully saturated rings. The molecule has 2 N–H and O–H groups in total. The lowest BCUT2D eigenvalue weighted by Crippen LogP contribution is -2.52. The topological polar surface area (TPSA) is 112 Å². The zero-order chi connectivity index (χ0) is 41.4. The number of nitrogens with one attached hydrogen (secondary N) is 1. The molecule has 4 aliphatic heterocycles. The molecule has 2 unspecified atom stereocenters. The van der Waals surface area contributed by atoms with E-state index < -0.39 is 47.2 Å². The van der Waals surface area contributed by atoms with E-state index in [9.17, 15) is 37.1 Å². The third-order valence-corrected chi connectivity index (χ3v) is 11.8. The van der Waals surface area contributed by atoms with E-state index in [2.05, 4.69) is 15.1 Å². The molecule has 10 nitrogen and oxygen atoms in total. The summed E-state index contributed by atoms with van der Waals surface area (Å²) in [6.07, 6.45) is -1.86. The van der Waals surface area contributed by atoms with Gasteiger partial charge in [-0.15, -0.1) is 0 Å². The summed E-state index contributed by atoms with van der Waals surface area (Å²) in [6.45, 7) is 4.85. The number of unbranched alkanes of at least 4 members (excludes halogenated alkanes) is 2. The largest absolute Gasteiger partial charge is 0.508 e. The highest BCUT2D eigenvalue weighted by atomic mass is 19.4. The molecular weight excluding hydrogens is 775 g/mol. The summed E-state index contributed by atoms with van der Waals surface area (Å²) in [5, 5.41) is 12.4. The highest BCUT2D eigenvalue weighted by Crippen LogP contribution is 2.48. The Balaban J connectivity index is 0.815. The average Bonchev–Trinajstić information content (AvgIpc) is 3.53. The van der Waals surface area contributed by atoms with Gasteiger partial charge in [-0.2, -0.15) is 13.2 Å². The lowest BCUT2D eigenvalue weighted by molar-refractivity contribution is -0.140. The van der Waals surface area contributed by atoms with Crippen LogP contribution in [-0.2, 0) is 22.3 Å². The van der Waals surface area contributed by atoms with Crippen LogP contribution < -0.4 is 19.7 Å². The number of nitrogens with zero attached hydrogens (tertiary/aromatic N) is 3. The second kappa shape index (κ2) is 16.5. The molecule has 0 saturated carbocycles. The van der Waals surface area contributed by atoms with Gasteiger partial charge in [0.15, 0.2) is 11.6 Å². The number of anilines is 1. The molecule has 3 atom stereocenters. The Morgan fingerprint density at radius 2 is 1.64 bits per heavy atom. The van der Waals surface area contributed by atoms with Crippen LogP contribution in [0, 0.1) is 11.6 Å². The molecule has 4 aromatic carbocycles. The van der Waals surface area contributed by atoms with Crippen LogP contribution in [0.25, 0.3) is 0 Å². The maximum Gasteiger partial charge on any atom is 0.419 e. The average molecular weight is 819 g/mol. The second-order valence-corrected chi connectivity index (χ2v) is 15.5. The Bertz CT molecular complexity index is 2260. The first-order valence-electron chi connectivity index (χ1n) is 19.8. The number of alkyl halides is 3. The zero-order valence-electron chi connectivity index (χ0n) is 32.1. The van der Waals surface area contributed by atoms with Crippen LogP contribution in [0.15, 0.2) is 72.8 Å². The second-order valence-electron chi connectivity index (χ2n) is 15.5. The van der Waals surface area contributed by atoms with Crippen molar-refractivity contribution in [2.75, 3.05) is 50.8 Å². The molecule has 59 heavy (non-hydrogen) atoms. The Labute approximate surface area is 337 Å². The number of hydrogen-bond acceptors (Lipinski definition) is 8. The number of piperazine rings is 1. The number of hydrogen-bond donors (Lipinski definition) is 2. The number of amides is 3. The number of ether oxygens (including phenoxy) is 2. The van der Waals surface area contributed by atoms with E-state index in [1.807, 2.05) is 18.2 Å². The maximum absolute atomic E-state index is 15.6. The number of imide groups is 1. The quantitative estimate of drug-likeness (QED) is 0.0936. The summed E-state index contributed by atoms with van der Waals surface area (Å²) in [5.41, 5.74) is 2.32. The van der Waals surface area contributed by atoms with Gasteiger partial charge in [0.25, 0.3) is 5.91 Å². The normalized spacial score (nSPS) is 20.9. The molecule has 4 aromatic rings. The maximum atomic E-state index is 15.6. The van der Waals surface area contributed by atoms with Crippen molar-refractivity contribution in [1.82, 2.24) is 15.1 Å². The van der Waals surface area contributed by atoms with Crippen LogP contribution in [0.2, 0.25) is 0 Å². The molecule has 4 heterocycles. The molecular formula is C44H43F5N4O6. The first-order chi connectivity index (χ1) is 28.3. The number of phenols is 1. The number of rotatable bonds is 11. The molecule has 0 aliphatic carbocycles. The van der Waals surface area contributed by atoms with Gasteiger partial charge in [-0.1, -0.05) is 18.2 Å². The van der Waals surface area contributed by atoms with Crippen molar-refractivity contribution >= 4 is 23.4 Å². The van der Waals surface area contributed by atoms with E-state index >= 15 is 4.39 Å². The van der Waals surface area contributed by atoms with E-state index in [0.29, 0.717) is 48.4 Å². The molecule has 0 aromatic heterocycles. The molecule has 2 saturated heterocycles. The number of carbonyl (C=O) groups is 3. The predicted molar refractivity (Wildman–Crippen MR) is 206 cm³/mol. The summed E-state index contributed by atoms with van der Waals surface area (Å²) >= 11 is 0. The van der Waals surface area contributed by atoms with Gasteiger partial charge in [0.05, 0.1) is 18.8 Å². The number of phenolic OH excluding ortho intramolecular Hbond substituents is 1. The van der Waals surface area contributed by atoms with Gasteiger partial charge >= 0.3 is 6.18 Å². The molecule has 310 valence electrons. The Kier molecular flexibility index (Phi) is 11.2. The van der Waals surface area contributed by atoms with Gasteiger partial charge < -0.3 is 24.4 Å². The van der Waals surface area contributed by atoms with Crippen LogP contribution in [0.5, 0.6) is 17.2 Å². The first kappa shape index (κ1) is 40.1. The van der Waals surface area contributed by atoms with Crippen LogP contribution in [0.1, 0.15) is 82.1 Å². The number of halogens is 5. The van der Waals surface area contributed by atoms with Gasteiger partial charge in [0.2, 0.25) is 11.8 Å². The van der Waals surface area contributed by atoms with E-state index in [0.717, 1.165) is 68.9 Å².